The van der Waals surface area contributed by atoms with Crippen molar-refractivity contribution in [2.75, 3.05) is 17.5 Å². The van der Waals surface area contributed by atoms with Gasteiger partial charge in [0.25, 0.3) is 5.91 Å². The molecular weight excluding hydrogens is 368 g/mol. The second-order valence-electron chi connectivity index (χ2n) is 6.03. The Hall–Kier alpha value is -2.87. The summed E-state index contributed by atoms with van der Waals surface area (Å²) in [4.78, 5) is 24.3. The summed E-state index contributed by atoms with van der Waals surface area (Å²) in [5.41, 5.74) is 1.48. The van der Waals surface area contributed by atoms with Crippen LogP contribution in [-0.4, -0.2) is 39.2 Å². The van der Waals surface area contributed by atoms with Crippen molar-refractivity contribution in [3.63, 3.8) is 0 Å². The largest absolute Gasteiger partial charge is 0.449 e. The zero-order valence-electron chi connectivity index (χ0n) is 15.1. The van der Waals surface area contributed by atoms with Gasteiger partial charge >= 0.3 is 5.97 Å². The summed E-state index contributed by atoms with van der Waals surface area (Å²) in [7, 11) is -3.46. The first-order valence-corrected chi connectivity index (χ1v) is 10.2. The van der Waals surface area contributed by atoms with E-state index in [1.807, 2.05) is 30.3 Å². The molecule has 0 heterocycles. The number of benzene rings is 2. The second-order valence-corrected chi connectivity index (χ2v) is 7.78. The molecule has 0 aromatic heterocycles. The number of rotatable bonds is 8. The topological polar surface area (TPSA) is 102 Å². The zero-order valence-corrected chi connectivity index (χ0v) is 16.0. The van der Waals surface area contributed by atoms with Crippen molar-refractivity contribution < 1.29 is 22.7 Å². The molecule has 0 bridgehead atoms. The number of hydrogen-bond donors (Lipinski definition) is 2. The quantitative estimate of drug-likeness (QED) is 0.671. The summed E-state index contributed by atoms with van der Waals surface area (Å²) in [6.07, 6.45) is 0.714. The number of amides is 1. The molecular formula is C19H22N2O5S. The van der Waals surface area contributed by atoms with Crippen LogP contribution in [0.15, 0.2) is 54.6 Å². The van der Waals surface area contributed by atoms with E-state index in [4.69, 9.17) is 4.74 Å². The van der Waals surface area contributed by atoms with Crippen LogP contribution in [-0.2, 0) is 26.0 Å². The monoisotopic (exact) mass is 390 g/mol. The third-order valence-corrected chi connectivity index (χ3v) is 4.22. The third kappa shape index (κ3) is 7.10. The first kappa shape index (κ1) is 20.4. The van der Waals surface area contributed by atoms with Crippen molar-refractivity contribution >= 4 is 27.6 Å². The lowest BCUT2D eigenvalue weighted by Crippen LogP contribution is -2.36. The van der Waals surface area contributed by atoms with Crippen LogP contribution in [0.25, 0.3) is 0 Å². The molecule has 0 spiro atoms. The van der Waals surface area contributed by atoms with E-state index in [-0.39, 0.29) is 11.3 Å². The van der Waals surface area contributed by atoms with Gasteiger partial charge in [-0.2, -0.15) is 0 Å². The highest BCUT2D eigenvalue weighted by Crippen LogP contribution is 2.13. The van der Waals surface area contributed by atoms with E-state index in [0.29, 0.717) is 13.0 Å². The van der Waals surface area contributed by atoms with E-state index in [9.17, 15) is 18.0 Å². The minimum atomic E-state index is -3.46. The number of nitrogens with one attached hydrogen (secondary N) is 2. The van der Waals surface area contributed by atoms with Crippen LogP contribution in [0, 0.1) is 0 Å². The second kappa shape index (κ2) is 9.18. The van der Waals surface area contributed by atoms with Crippen molar-refractivity contribution in [2.24, 2.45) is 0 Å². The Labute approximate surface area is 158 Å². The van der Waals surface area contributed by atoms with Crippen LogP contribution < -0.4 is 10.0 Å². The van der Waals surface area contributed by atoms with E-state index >= 15 is 0 Å². The molecule has 144 valence electrons. The number of carbonyl (C=O) groups is 2. The molecule has 2 aromatic carbocycles. The molecule has 0 fully saturated rings. The SMILES string of the molecule is CC(OC(=O)c1cccc(NS(C)(=O)=O)c1)C(=O)NCCc1ccccc1. The van der Waals surface area contributed by atoms with Crippen molar-refractivity contribution in [1.82, 2.24) is 5.32 Å². The fraction of sp³-hybridized carbons (Fsp3) is 0.263. The molecule has 0 radical (unpaired) electrons. The van der Waals surface area contributed by atoms with Gasteiger partial charge in [-0.25, -0.2) is 13.2 Å². The molecule has 8 heteroatoms. The van der Waals surface area contributed by atoms with E-state index in [2.05, 4.69) is 10.0 Å². The fourth-order valence-corrected chi connectivity index (χ4v) is 2.88. The smallest absolute Gasteiger partial charge is 0.338 e. The average molecular weight is 390 g/mol. The summed E-state index contributed by atoms with van der Waals surface area (Å²) in [5.74, 6) is -1.11. The standard InChI is InChI=1S/C19H22N2O5S/c1-14(18(22)20-12-11-15-7-4-3-5-8-15)26-19(23)16-9-6-10-17(13-16)21-27(2,24)25/h3-10,13-14,21H,11-12H2,1-2H3,(H,20,22). The van der Waals surface area contributed by atoms with Gasteiger partial charge in [0, 0.05) is 12.2 Å². The molecule has 2 rings (SSSR count). The van der Waals surface area contributed by atoms with Crippen LogP contribution in [0.4, 0.5) is 5.69 Å². The predicted molar refractivity (Wildman–Crippen MR) is 103 cm³/mol. The first-order chi connectivity index (χ1) is 12.7. The molecule has 1 unspecified atom stereocenters. The third-order valence-electron chi connectivity index (χ3n) is 3.61. The highest BCUT2D eigenvalue weighted by Gasteiger charge is 2.19. The molecule has 0 saturated heterocycles. The molecule has 0 aliphatic carbocycles. The van der Waals surface area contributed by atoms with Gasteiger partial charge in [-0.15, -0.1) is 0 Å². The van der Waals surface area contributed by atoms with Crippen molar-refractivity contribution in [3.05, 3.63) is 65.7 Å². The van der Waals surface area contributed by atoms with Crippen LogP contribution in [0.2, 0.25) is 0 Å². The fourth-order valence-electron chi connectivity index (χ4n) is 2.32. The molecule has 7 nitrogen and oxygen atoms in total. The van der Waals surface area contributed by atoms with E-state index in [0.717, 1.165) is 11.8 Å². The lowest BCUT2D eigenvalue weighted by molar-refractivity contribution is -0.129. The first-order valence-electron chi connectivity index (χ1n) is 8.35. The van der Waals surface area contributed by atoms with Crippen LogP contribution >= 0.6 is 0 Å². The Balaban J connectivity index is 1.87. The lowest BCUT2D eigenvalue weighted by Gasteiger charge is -2.14. The zero-order chi connectivity index (χ0) is 19.9. The molecule has 2 N–H and O–H groups in total. The lowest BCUT2D eigenvalue weighted by atomic mass is 10.1. The van der Waals surface area contributed by atoms with Crippen molar-refractivity contribution in [1.29, 1.82) is 0 Å². The summed E-state index contributed by atoms with van der Waals surface area (Å²) in [6.45, 7) is 1.91. The maximum atomic E-state index is 12.2. The number of esters is 1. The summed E-state index contributed by atoms with van der Waals surface area (Å²) < 4.78 is 30.0. The number of sulfonamides is 1. The minimum Gasteiger partial charge on any atom is -0.449 e. The number of carbonyl (C=O) groups excluding carboxylic acids is 2. The molecule has 0 aliphatic rings. The highest BCUT2D eigenvalue weighted by atomic mass is 32.2. The normalized spacial score (nSPS) is 12.1. The number of ether oxygens (including phenoxy) is 1. The average Bonchev–Trinajstić information content (AvgIpc) is 2.61. The van der Waals surface area contributed by atoms with Crippen LogP contribution in [0.5, 0.6) is 0 Å². The Bertz CT molecular complexity index is 897. The van der Waals surface area contributed by atoms with Gasteiger partial charge in [-0.1, -0.05) is 36.4 Å². The van der Waals surface area contributed by atoms with Gasteiger partial charge in [0.1, 0.15) is 0 Å². The maximum absolute atomic E-state index is 12.2. The molecule has 1 atom stereocenters. The van der Waals surface area contributed by atoms with Gasteiger partial charge < -0.3 is 10.1 Å². The Morgan fingerprint density at radius 1 is 1.07 bits per heavy atom. The number of anilines is 1. The van der Waals surface area contributed by atoms with Crippen molar-refractivity contribution in [3.8, 4) is 0 Å². The number of hydrogen-bond acceptors (Lipinski definition) is 5. The summed E-state index contributed by atoms with van der Waals surface area (Å²) >= 11 is 0. The van der Waals surface area contributed by atoms with E-state index < -0.39 is 28.0 Å². The molecule has 2 aromatic rings. The Kier molecular flexibility index (Phi) is 6.95. The Morgan fingerprint density at radius 2 is 1.78 bits per heavy atom. The van der Waals surface area contributed by atoms with E-state index in [1.54, 1.807) is 0 Å². The molecule has 27 heavy (non-hydrogen) atoms. The molecule has 0 saturated carbocycles. The Morgan fingerprint density at radius 3 is 2.44 bits per heavy atom. The summed E-state index contributed by atoms with van der Waals surface area (Å²) in [5, 5.41) is 2.72. The molecule has 1 amide bonds. The molecule has 0 aliphatic heterocycles. The van der Waals surface area contributed by atoms with Gasteiger partial charge in [-0.3, -0.25) is 9.52 Å². The summed E-state index contributed by atoms with van der Waals surface area (Å²) in [6, 6.07) is 15.6. The van der Waals surface area contributed by atoms with Gasteiger partial charge in [0.15, 0.2) is 6.10 Å². The van der Waals surface area contributed by atoms with E-state index in [1.165, 1.54) is 31.2 Å². The predicted octanol–water partition coefficient (Wildman–Crippen LogP) is 1.96. The van der Waals surface area contributed by atoms with Gasteiger partial charge in [0.05, 0.1) is 11.8 Å². The van der Waals surface area contributed by atoms with Crippen LogP contribution in [0.3, 0.4) is 0 Å². The van der Waals surface area contributed by atoms with Crippen molar-refractivity contribution in [2.45, 2.75) is 19.4 Å². The minimum absolute atomic E-state index is 0.146. The maximum Gasteiger partial charge on any atom is 0.338 e. The highest BCUT2D eigenvalue weighted by molar-refractivity contribution is 7.92. The van der Waals surface area contributed by atoms with Gasteiger partial charge in [0.2, 0.25) is 10.0 Å². The van der Waals surface area contributed by atoms with Crippen LogP contribution in [0.1, 0.15) is 22.8 Å². The van der Waals surface area contributed by atoms with Gasteiger partial charge in [-0.05, 0) is 37.1 Å².